The number of nitrogens with zero attached hydrogens (tertiary/aromatic N) is 1. The fourth-order valence-electron chi connectivity index (χ4n) is 4.96. The monoisotopic (exact) mass is 467 g/mol. The minimum atomic E-state index is -3.90. The third-order valence-electron chi connectivity index (χ3n) is 6.88. The molecule has 0 amide bonds. The molecule has 1 aromatic carbocycles. The molecule has 2 saturated carbocycles. The Labute approximate surface area is 181 Å². The molecule has 2 atom stereocenters. The van der Waals surface area contributed by atoms with Crippen LogP contribution in [0.1, 0.15) is 38.9 Å². The van der Waals surface area contributed by atoms with E-state index in [1.54, 1.807) is 6.92 Å². The number of fused-ring (bicyclic) bond motifs is 2. The van der Waals surface area contributed by atoms with Crippen LogP contribution in [-0.2, 0) is 24.8 Å². The first-order valence-corrected chi connectivity index (χ1v) is 13.1. The standard InChI is InChI=1S/C20H25N3O6S2/c1-13-10-18(21-29-13)23-31(27,28)16-6-4-15(5-7-16)22-30(25,26)12-20-9-8-14(11-17(20)24)19(20,2)3/h4-7,10,14,22H,8-9,11-12H2,1-3H3,(H,21,23)/t14-,20-/m0/s1. The molecule has 9 nitrogen and oxygen atoms in total. The average Bonchev–Trinajstić information content (AvgIpc) is 3.22. The average molecular weight is 468 g/mol. The van der Waals surface area contributed by atoms with Gasteiger partial charge in [0.25, 0.3) is 10.0 Å². The lowest BCUT2D eigenvalue weighted by molar-refractivity contribution is -0.128. The van der Waals surface area contributed by atoms with Gasteiger partial charge in [0, 0.05) is 18.2 Å². The first-order valence-electron chi connectivity index (χ1n) is 9.95. The van der Waals surface area contributed by atoms with Crippen LogP contribution in [0.25, 0.3) is 0 Å². The van der Waals surface area contributed by atoms with E-state index in [1.807, 2.05) is 13.8 Å². The van der Waals surface area contributed by atoms with E-state index in [-0.39, 0.29) is 39.3 Å². The van der Waals surface area contributed by atoms with Crippen molar-refractivity contribution < 1.29 is 26.2 Å². The molecule has 2 fully saturated rings. The molecule has 2 aromatic rings. The van der Waals surface area contributed by atoms with Crippen molar-refractivity contribution in [2.45, 2.75) is 44.9 Å². The Bertz CT molecular complexity index is 1230. The number of rotatable bonds is 7. The molecule has 168 valence electrons. The highest BCUT2D eigenvalue weighted by molar-refractivity contribution is 7.93. The summed E-state index contributed by atoms with van der Waals surface area (Å²) in [4.78, 5) is 12.6. The molecule has 2 aliphatic carbocycles. The van der Waals surface area contributed by atoms with E-state index in [9.17, 15) is 21.6 Å². The molecule has 31 heavy (non-hydrogen) atoms. The fourth-order valence-corrected chi connectivity index (χ4v) is 7.84. The van der Waals surface area contributed by atoms with Gasteiger partial charge in [-0.1, -0.05) is 19.0 Å². The van der Waals surface area contributed by atoms with Crippen molar-refractivity contribution in [3.8, 4) is 0 Å². The number of aromatic nitrogens is 1. The molecule has 2 bridgehead atoms. The number of hydrogen-bond acceptors (Lipinski definition) is 7. The summed E-state index contributed by atoms with van der Waals surface area (Å²) in [6, 6.07) is 6.77. The van der Waals surface area contributed by atoms with Crippen LogP contribution in [0, 0.1) is 23.7 Å². The van der Waals surface area contributed by atoms with Crippen molar-refractivity contribution in [1.29, 1.82) is 0 Å². The zero-order chi connectivity index (χ0) is 22.7. The summed E-state index contributed by atoms with van der Waals surface area (Å²) in [6.45, 7) is 5.60. The number of ketones is 1. The van der Waals surface area contributed by atoms with Crippen molar-refractivity contribution in [3.05, 3.63) is 36.1 Å². The van der Waals surface area contributed by atoms with Crippen LogP contribution in [-0.4, -0.2) is 33.5 Å². The van der Waals surface area contributed by atoms with E-state index in [2.05, 4.69) is 14.6 Å². The predicted molar refractivity (Wildman–Crippen MR) is 114 cm³/mol. The highest BCUT2D eigenvalue weighted by atomic mass is 32.2. The quantitative estimate of drug-likeness (QED) is 0.639. The molecule has 0 unspecified atom stereocenters. The molecule has 11 heteroatoms. The topological polar surface area (TPSA) is 135 Å². The minimum absolute atomic E-state index is 0.0229. The SMILES string of the molecule is Cc1cc(NS(=O)(=O)c2ccc(NS(=O)(=O)C[C@@]34CC[C@@H](CC3=O)C4(C)C)cc2)no1. The summed E-state index contributed by atoms with van der Waals surface area (Å²) in [6.07, 6.45) is 1.88. The summed E-state index contributed by atoms with van der Waals surface area (Å²) < 4.78 is 60.3. The third-order valence-corrected chi connectivity index (χ3v) is 9.67. The molecular formula is C20H25N3O6S2. The van der Waals surface area contributed by atoms with Crippen LogP contribution in [0.2, 0.25) is 0 Å². The Balaban J connectivity index is 1.49. The Morgan fingerprint density at radius 2 is 1.81 bits per heavy atom. The second-order valence-corrected chi connectivity index (χ2v) is 12.4. The van der Waals surface area contributed by atoms with E-state index in [0.717, 1.165) is 6.42 Å². The van der Waals surface area contributed by atoms with Gasteiger partial charge in [0.1, 0.15) is 11.5 Å². The molecule has 2 aliphatic rings. The van der Waals surface area contributed by atoms with Crippen LogP contribution >= 0.6 is 0 Å². The summed E-state index contributed by atoms with van der Waals surface area (Å²) in [7, 11) is -7.72. The second-order valence-electron chi connectivity index (χ2n) is 8.98. The number of carbonyl (C=O) groups is 1. The number of anilines is 2. The highest BCUT2D eigenvalue weighted by Crippen LogP contribution is 2.64. The maximum Gasteiger partial charge on any atom is 0.263 e. The predicted octanol–water partition coefficient (Wildman–Crippen LogP) is 2.92. The van der Waals surface area contributed by atoms with Crippen LogP contribution < -0.4 is 9.44 Å². The van der Waals surface area contributed by atoms with Gasteiger partial charge in [-0.3, -0.25) is 14.2 Å². The van der Waals surface area contributed by atoms with E-state index in [0.29, 0.717) is 18.6 Å². The van der Waals surface area contributed by atoms with E-state index < -0.39 is 25.5 Å². The Morgan fingerprint density at radius 1 is 1.13 bits per heavy atom. The molecule has 1 aromatic heterocycles. The smallest absolute Gasteiger partial charge is 0.263 e. The van der Waals surface area contributed by atoms with Gasteiger partial charge in [0.05, 0.1) is 16.1 Å². The van der Waals surface area contributed by atoms with Crippen molar-refractivity contribution in [2.75, 3.05) is 15.2 Å². The highest BCUT2D eigenvalue weighted by Gasteiger charge is 2.65. The lowest BCUT2D eigenvalue weighted by atomic mass is 9.70. The normalized spacial score (nSPS) is 25.0. The van der Waals surface area contributed by atoms with Gasteiger partial charge < -0.3 is 4.52 Å². The van der Waals surface area contributed by atoms with Crippen LogP contribution in [0.4, 0.5) is 11.5 Å². The fraction of sp³-hybridized carbons (Fsp3) is 0.500. The molecule has 2 N–H and O–H groups in total. The van der Waals surface area contributed by atoms with Gasteiger partial charge >= 0.3 is 0 Å². The summed E-state index contributed by atoms with van der Waals surface area (Å²) in [5, 5.41) is 3.59. The molecule has 0 radical (unpaired) electrons. The van der Waals surface area contributed by atoms with E-state index in [4.69, 9.17) is 4.52 Å². The number of Topliss-reactive ketones (excluding diaryl/α,β-unsaturated/α-hetero) is 1. The van der Waals surface area contributed by atoms with E-state index in [1.165, 1.54) is 30.3 Å². The number of benzene rings is 1. The van der Waals surface area contributed by atoms with Gasteiger partial charge in [-0.2, -0.15) is 0 Å². The number of nitrogens with one attached hydrogen (secondary N) is 2. The lowest BCUT2D eigenvalue weighted by Crippen LogP contribution is -2.43. The largest absolute Gasteiger partial charge is 0.360 e. The first kappa shape index (κ1) is 21.8. The molecule has 0 saturated heterocycles. The van der Waals surface area contributed by atoms with Crippen LogP contribution in [0.15, 0.2) is 39.8 Å². The third kappa shape index (κ3) is 3.73. The van der Waals surface area contributed by atoms with Gasteiger partial charge in [-0.25, -0.2) is 16.8 Å². The van der Waals surface area contributed by atoms with Crippen LogP contribution in [0.3, 0.4) is 0 Å². The molecule has 0 aliphatic heterocycles. The summed E-state index contributed by atoms with van der Waals surface area (Å²) >= 11 is 0. The molecule has 1 heterocycles. The van der Waals surface area contributed by atoms with Crippen LogP contribution in [0.5, 0.6) is 0 Å². The maximum absolute atomic E-state index is 12.9. The zero-order valence-electron chi connectivity index (χ0n) is 17.5. The van der Waals surface area contributed by atoms with Crippen molar-refractivity contribution in [1.82, 2.24) is 5.16 Å². The van der Waals surface area contributed by atoms with Crippen molar-refractivity contribution in [3.63, 3.8) is 0 Å². The molecular weight excluding hydrogens is 442 g/mol. The van der Waals surface area contributed by atoms with E-state index >= 15 is 0 Å². The lowest BCUT2D eigenvalue weighted by Gasteiger charge is -2.36. The second kappa shape index (κ2) is 7.06. The molecule has 4 rings (SSSR count). The number of sulfonamides is 2. The van der Waals surface area contributed by atoms with Gasteiger partial charge in [0.15, 0.2) is 5.82 Å². The van der Waals surface area contributed by atoms with Crippen molar-refractivity contribution in [2.24, 2.45) is 16.7 Å². The van der Waals surface area contributed by atoms with Gasteiger partial charge in [-0.05, 0) is 55.4 Å². The Morgan fingerprint density at radius 3 is 2.32 bits per heavy atom. The summed E-state index contributed by atoms with van der Waals surface area (Å²) in [5.41, 5.74) is -1.00. The van der Waals surface area contributed by atoms with Gasteiger partial charge in [-0.15, -0.1) is 0 Å². The number of hydrogen-bond donors (Lipinski definition) is 2. The zero-order valence-corrected chi connectivity index (χ0v) is 19.1. The first-order chi connectivity index (χ1) is 14.3. The summed E-state index contributed by atoms with van der Waals surface area (Å²) in [5.74, 6) is 0.491. The van der Waals surface area contributed by atoms with Crippen molar-refractivity contribution >= 4 is 37.3 Å². The maximum atomic E-state index is 12.9. The minimum Gasteiger partial charge on any atom is -0.360 e. The Hall–Kier alpha value is -2.40. The Kier molecular flexibility index (Phi) is 4.97. The molecule has 0 spiro atoms. The van der Waals surface area contributed by atoms with Gasteiger partial charge in [0.2, 0.25) is 10.0 Å². The number of aryl methyl sites for hydroxylation is 1. The number of carbonyl (C=O) groups excluding carboxylic acids is 1.